The number of aliphatic hydroxyl groups is 1. The van der Waals surface area contributed by atoms with Crippen molar-refractivity contribution in [3.05, 3.63) is 89.2 Å². The maximum absolute atomic E-state index is 13.5. The van der Waals surface area contributed by atoms with Crippen molar-refractivity contribution in [2.45, 2.75) is 31.4 Å². The number of fused-ring (bicyclic) bond motifs is 1. The second-order valence-electron chi connectivity index (χ2n) is 9.26. The number of anilines is 1. The highest BCUT2D eigenvalue weighted by molar-refractivity contribution is 5.53. The first-order chi connectivity index (χ1) is 16.5. The van der Waals surface area contributed by atoms with Gasteiger partial charge in [0.25, 0.3) is 0 Å². The highest BCUT2D eigenvalue weighted by Gasteiger charge is 2.28. The summed E-state index contributed by atoms with van der Waals surface area (Å²) in [5.74, 6) is 0.893. The Hall–Kier alpha value is -3.09. The molecule has 1 saturated heterocycles. The minimum Gasteiger partial charge on any atom is -0.508 e. The maximum Gasteiger partial charge on any atom is 0.123 e. The molecule has 2 atom stereocenters. The monoisotopic (exact) mass is 462 g/mol. The summed E-state index contributed by atoms with van der Waals surface area (Å²) in [7, 11) is 0. The van der Waals surface area contributed by atoms with E-state index in [0.29, 0.717) is 6.61 Å². The van der Waals surface area contributed by atoms with E-state index in [2.05, 4.69) is 21.9 Å². The Labute approximate surface area is 200 Å². The molecule has 0 bridgehead atoms. The lowest BCUT2D eigenvalue weighted by Gasteiger charge is -2.39. The van der Waals surface area contributed by atoms with Crippen molar-refractivity contribution < 1.29 is 19.3 Å². The first kappa shape index (κ1) is 22.7. The summed E-state index contributed by atoms with van der Waals surface area (Å²) >= 11 is 0. The third-order valence-electron chi connectivity index (χ3n) is 6.92. The van der Waals surface area contributed by atoms with Crippen molar-refractivity contribution in [2.75, 3.05) is 37.7 Å². The molecule has 2 heterocycles. The normalized spacial score (nSPS) is 20.4. The summed E-state index contributed by atoms with van der Waals surface area (Å²) in [6, 6.07) is 20.6. The molecule has 5 rings (SSSR count). The number of hydrogen-bond donors (Lipinski definition) is 2. The highest BCUT2D eigenvalue weighted by Crippen LogP contribution is 2.37. The molecule has 0 radical (unpaired) electrons. The fourth-order valence-electron chi connectivity index (χ4n) is 5.11. The van der Waals surface area contributed by atoms with Crippen LogP contribution in [0.5, 0.6) is 11.5 Å². The molecule has 3 aromatic rings. The van der Waals surface area contributed by atoms with Crippen LogP contribution in [-0.4, -0.2) is 54.0 Å². The Morgan fingerprint density at radius 1 is 0.971 bits per heavy atom. The summed E-state index contributed by atoms with van der Waals surface area (Å²) in [6.07, 6.45) is 2.26. The van der Waals surface area contributed by atoms with Gasteiger partial charge in [0.15, 0.2) is 0 Å². The Morgan fingerprint density at radius 3 is 2.50 bits per heavy atom. The van der Waals surface area contributed by atoms with E-state index >= 15 is 0 Å². The molecule has 2 N–H and O–H groups in total. The number of phenolic OH excluding ortho intramolecular Hbond substituents is 1. The minimum absolute atomic E-state index is 0.0863. The van der Waals surface area contributed by atoms with E-state index in [1.54, 1.807) is 6.07 Å². The van der Waals surface area contributed by atoms with Crippen LogP contribution in [-0.2, 0) is 12.8 Å². The van der Waals surface area contributed by atoms with E-state index in [-0.39, 0.29) is 23.7 Å². The van der Waals surface area contributed by atoms with Crippen molar-refractivity contribution >= 4 is 5.69 Å². The van der Waals surface area contributed by atoms with E-state index in [1.165, 1.54) is 23.3 Å². The van der Waals surface area contributed by atoms with E-state index in [1.807, 2.05) is 36.4 Å². The number of phenols is 1. The summed E-state index contributed by atoms with van der Waals surface area (Å²) in [4.78, 5) is 4.55. The molecule has 0 amide bonds. The second-order valence-corrected chi connectivity index (χ2v) is 9.26. The van der Waals surface area contributed by atoms with Crippen molar-refractivity contribution in [1.82, 2.24) is 4.90 Å². The third-order valence-corrected chi connectivity index (χ3v) is 6.92. The topological polar surface area (TPSA) is 56.2 Å². The maximum atomic E-state index is 13.5. The molecule has 6 heteroatoms. The lowest BCUT2D eigenvalue weighted by atomic mass is 9.88. The second kappa shape index (κ2) is 10.0. The van der Waals surface area contributed by atoms with Gasteiger partial charge in [-0.15, -0.1) is 0 Å². The van der Waals surface area contributed by atoms with Crippen molar-refractivity contribution in [3.63, 3.8) is 0 Å². The zero-order valence-corrected chi connectivity index (χ0v) is 19.2. The molecular formula is C28H31FN2O3. The molecule has 0 spiro atoms. The van der Waals surface area contributed by atoms with E-state index < -0.39 is 0 Å². The van der Waals surface area contributed by atoms with Gasteiger partial charge >= 0.3 is 0 Å². The van der Waals surface area contributed by atoms with Crippen molar-refractivity contribution in [1.29, 1.82) is 0 Å². The van der Waals surface area contributed by atoms with Gasteiger partial charge in [-0.05, 0) is 84.5 Å². The molecule has 5 nitrogen and oxygen atoms in total. The summed E-state index contributed by atoms with van der Waals surface area (Å²) in [5, 5.41) is 19.6. The number of ether oxygens (including phenoxy) is 1. The number of benzene rings is 3. The van der Waals surface area contributed by atoms with Crippen LogP contribution in [0.25, 0.3) is 0 Å². The number of aromatic hydroxyl groups is 1. The standard InChI is InChI=1S/C28H31FN2O3/c29-22-3-5-23(6-4-22)31-14-11-21-18-24(32)7-10-27(21)28(31)17-20-1-8-26(9-2-20)34-16-15-30-13-12-25(33)19-30/h1-10,18,25,28,32-33H,11-17,19H2. The summed E-state index contributed by atoms with van der Waals surface area (Å²) in [5.41, 5.74) is 4.54. The van der Waals surface area contributed by atoms with Crippen LogP contribution in [0, 0.1) is 5.82 Å². The molecule has 34 heavy (non-hydrogen) atoms. The number of halogens is 1. The predicted molar refractivity (Wildman–Crippen MR) is 131 cm³/mol. The minimum atomic E-state index is -0.237. The molecule has 178 valence electrons. The molecular weight excluding hydrogens is 431 g/mol. The molecule has 1 fully saturated rings. The van der Waals surface area contributed by atoms with Crippen LogP contribution in [0.4, 0.5) is 10.1 Å². The SMILES string of the molecule is Oc1ccc2c(c1)CCN(c1ccc(F)cc1)C2Cc1ccc(OCCN2CCC(O)C2)cc1. The lowest BCUT2D eigenvalue weighted by molar-refractivity contribution is 0.167. The average Bonchev–Trinajstić information content (AvgIpc) is 3.26. The number of β-amino-alcohol motifs (C(OH)–C–C–N with tert-alkyl or cyclic N) is 1. The van der Waals surface area contributed by atoms with E-state index in [4.69, 9.17) is 4.74 Å². The number of hydrogen-bond acceptors (Lipinski definition) is 5. The first-order valence-electron chi connectivity index (χ1n) is 12.0. The molecule has 2 aliphatic rings. The summed E-state index contributed by atoms with van der Waals surface area (Å²) in [6.45, 7) is 3.88. The van der Waals surface area contributed by atoms with Gasteiger partial charge in [-0.2, -0.15) is 0 Å². The fourth-order valence-corrected chi connectivity index (χ4v) is 5.11. The molecule has 2 unspecified atom stereocenters. The molecule has 3 aromatic carbocycles. The van der Waals surface area contributed by atoms with Crippen molar-refractivity contribution in [3.8, 4) is 11.5 Å². The van der Waals surface area contributed by atoms with Gasteiger partial charge < -0.3 is 19.8 Å². The zero-order chi connectivity index (χ0) is 23.5. The van der Waals surface area contributed by atoms with Gasteiger partial charge in [0.05, 0.1) is 12.1 Å². The van der Waals surface area contributed by atoms with Gasteiger partial charge in [-0.3, -0.25) is 4.90 Å². The van der Waals surface area contributed by atoms with Gasteiger partial charge in [0, 0.05) is 31.9 Å². The molecule has 0 aliphatic carbocycles. The molecule has 2 aliphatic heterocycles. The van der Waals surface area contributed by atoms with Crippen LogP contribution in [0.1, 0.15) is 29.2 Å². The lowest BCUT2D eigenvalue weighted by Crippen LogP contribution is -2.36. The summed E-state index contributed by atoms with van der Waals surface area (Å²) < 4.78 is 19.5. The fraction of sp³-hybridized carbons (Fsp3) is 0.357. The average molecular weight is 463 g/mol. The highest BCUT2D eigenvalue weighted by atomic mass is 19.1. The number of aliphatic hydroxyl groups excluding tert-OH is 1. The predicted octanol–water partition coefficient (Wildman–Crippen LogP) is 4.32. The van der Waals surface area contributed by atoms with Crippen LogP contribution in [0.2, 0.25) is 0 Å². The van der Waals surface area contributed by atoms with Crippen LogP contribution in [0.15, 0.2) is 66.7 Å². The Morgan fingerprint density at radius 2 is 1.76 bits per heavy atom. The van der Waals surface area contributed by atoms with Crippen molar-refractivity contribution in [2.24, 2.45) is 0 Å². The quantitative estimate of drug-likeness (QED) is 0.548. The van der Waals surface area contributed by atoms with Crippen LogP contribution in [0.3, 0.4) is 0 Å². The Balaban J connectivity index is 1.29. The number of nitrogens with zero attached hydrogens (tertiary/aromatic N) is 2. The van der Waals surface area contributed by atoms with Gasteiger partial charge in [-0.1, -0.05) is 18.2 Å². The van der Waals surface area contributed by atoms with Gasteiger partial charge in [0.2, 0.25) is 0 Å². The molecule has 0 aromatic heterocycles. The van der Waals surface area contributed by atoms with E-state index in [9.17, 15) is 14.6 Å². The first-order valence-corrected chi connectivity index (χ1v) is 12.0. The molecule has 0 saturated carbocycles. The number of rotatable bonds is 7. The van der Waals surface area contributed by atoms with Gasteiger partial charge in [-0.25, -0.2) is 4.39 Å². The third kappa shape index (κ3) is 5.18. The number of likely N-dealkylation sites (tertiary alicyclic amines) is 1. The van der Waals surface area contributed by atoms with Crippen LogP contribution < -0.4 is 9.64 Å². The smallest absolute Gasteiger partial charge is 0.123 e. The van der Waals surface area contributed by atoms with Crippen LogP contribution >= 0.6 is 0 Å². The van der Waals surface area contributed by atoms with E-state index in [0.717, 1.165) is 62.4 Å². The largest absolute Gasteiger partial charge is 0.508 e. The Bertz CT molecular complexity index is 1100. The Kier molecular flexibility index (Phi) is 6.70. The van der Waals surface area contributed by atoms with Gasteiger partial charge in [0.1, 0.15) is 23.9 Å². The zero-order valence-electron chi connectivity index (χ0n) is 19.2.